The van der Waals surface area contributed by atoms with Gasteiger partial charge in [0.15, 0.2) is 11.6 Å². The summed E-state index contributed by atoms with van der Waals surface area (Å²) < 4.78 is 19.6. The van der Waals surface area contributed by atoms with E-state index in [1.807, 2.05) is 0 Å². The fourth-order valence-corrected chi connectivity index (χ4v) is 2.77. The minimum atomic E-state index is -1.34. The maximum absolute atomic E-state index is 14.0. The highest BCUT2D eigenvalue weighted by atomic mass is 19.1. The minimum absolute atomic E-state index is 0.0525. The van der Waals surface area contributed by atoms with Gasteiger partial charge in [0, 0.05) is 11.8 Å². The number of hydrogen-bond donors (Lipinski definition) is 2. The second kappa shape index (κ2) is 5.59. The molecule has 3 rings (SSSR count). The largest absolute Gasteiger partial charge is 0.487 e. The first-order valence-electron chi connectivity index (χ1n) is 7.52. The van der Waals surface area contributed by atoms with Crippen molar-refractivity contribution in [3.05, 3.63) is 24.0 Å². The molecule has 5 nitrogen and oxygen atoms in total. The van der Waals surface area contributed by atoms with Crippen LogP contribution in [0, 0.1) is 11.2 Å². The van der Waals surface area contributed by atoms with Crippen LogP contribution in [-0.2, 0) is 9.59 Å². The van der Waals surface area contributed by atoms with E-state index in [-0.39, 0.29) is 17.5 Å². The Bertz CT molecular complexity index is 606. The van der Waals surface area contributed by atoms with Gasteiger partial charge in [-0.15, -0.1) is 0 Å². The number of carboxylic acids is 1. The van der Waals surface area contributed by atoms with Crippen molar-refractivity contribution in [1.82, 2.24) is 0 Å². The molecule has 1 aromatic rings. The molecule has 22 heavy (non-hydrogen) atoms. The highest BCUT2D eigenvalue weighted by Gasteiger charge is 2.57. The molecular weight excluding hydrogens is 289 g/mol. The number of amides is 1. The van der Waals surface area contributed by atoms with Gasteiger partial charge in [-0.25, -0.2) is 4.39 Å². The Hall–Kier alpha value is -2.11. The molecule has 2 aliphatic rings. The predicted molar refractivity (Wildman–Crippen MR) is 77.2 cm³/mol. The van der Waals surface area contributed by atoms with Crippen LogP contribution in [0.2, 0.25) is 0 Å². The Labute approximate surface area is 127 Å². The second-order valence-corrected chi connectivity index (χ2v) is 6.01. The number of carboxylic acid groups (broad SMARTS) is 1. The van der Waals surface area contributed by atoms with Gasteiger partial charge in [0.25, 0.3) is 0 Å². The summed E-state index contributed by atoms with van der Waals surface area (Å²) >= 11 is 0. The molecule has 6 heteroatoms. The van der Waals surface area contributed by atoms with Crippen LogP contribution in [0.25, 0.3) is 0 Å². The molecule has 0 aliphatic heterocycles. The van der Waals surface area contributed by atoms with Crippen molar-refractivity contribution in [2.24, 2.45) is 5.41 Å². The molecule has 118 valence electrons. The Morgan fingerprint density at radius 1 is 1.27 bits per heavy atom. The summed E-state index contributed by atoms with van der Waals surface area (Å²) in [5.41, 5.74) is -1.09. The van der Waals surface area contributed by atoms with E-state index >= 15 is 0 Å². The highest BCUT2D eigenvalue weighted by Crippen LogP contribution is 2.46. The fourth-order valence-electron chi connectivity index (χ4n) is 2.77. The second-order valence-electron chi connectivity index (χ2n) is 6.01. The molecule has 0 unspecified atom stereocenters. The SMILES string of the molecule is O=C(O)C1(C(=O)Nc2ccc(OC3CCCC3)c(F)c2)CC1. The molecule has 0 saturated heterocycles. The van der Waals surface area contributed by atoms with Crippen molar-refractivity contribution in [1.29, 1.82) is 0 Å². The maximum atomic E-state index is 14.0. The third-order valence-electron chi connectivity index (χ3n) is 4.38. The molecule has 0 spiro atoms. The lowest BCUT2D eigenvalue weighted by molar-refractivity contribution is -0.147. The number of nitrogens with one attached hydrogen (secondary N) is 1. The lowest BCUT2D eigenvalue weighted by atomic mass is 10.1. The summed E-state index contributed by atoms with van der Waals surface area (Å²) in [5.74, 6) is -2.11. The van der Waals surface area contributed by atoms with Gasteiger partial charge >= 0.3 is 5.97 Å². The average molecular weight is 307 g/mol. The van der Waals surface area contributed by atoms with Crippen LogP contribution < -0.4 is 10.1 Å². The van der Waals surface area contributed by atoms with Crippen molar-refractivity contribution < 1.29 is 23.8 Å². The van der Waals surface area contributed by atoms with Crippen molar-refractivity contribution in [3.63, 3.8) is 0 Å². The van der Waals surface area contributed by atoms with E-state index in [4.69, 9.17) is 9.84 Å². The molecule has 0 atom stereocenters. The van der Waals surface area contributed by atoms with Crippen LogP contribution in [0.4, 0.5) is 10.1 Å². The molecule has 2 fully saturated rings. The van der Waals surface area contributed by atoms with Crippen LogP contribution >= 0.6 is 0 Å². The zero-order valence-electron chi connectivity index (χ0n) is 12.1. The Balaban J connectivity index is 1.66. The van der Waals surface area contributed by atoms with Gasteiger partial charge in [-0.1, -0.05) is 0 Å². The number of benzene rings is 1. The summed E-state index contributed by atoms with van der Waals surface area (Å²) in [6.45, 7) is 0. The lowest BCUT2D eigenvalue weighted by Crippen LogP contribution is -2.31. The molecule has 1 amide bonds. The van der Waals surface area contributed by atoms with Crippen LogP contribution in [0.15, 0.2) is 18.2 Å². The molecule has 2 saturated carbocycles. The smallest absolute Gasteiger partial charge is 0.319 e. The first kappa shape index (κ1) is 14.8. The average Bonchev–Trinajstić information content (AvgIpc) is 3.14. The molecule has 0 aromatic heterocycles. The molecule has 2 aliphatic carbocycles. The third kappa shape index (κ3) is 2.77. The predicted octanol–water partition coefficient (Wildman–Crippen LogP) is 2.95. The van der Waals surface area contributed by atoms with E-state index in [2.05, 4.69) is 5.32 Å². The fraction of sp³-hybridized carbons (Fsp3) is 0.500. The van der Waals surface area contributed by atoms with E-state index in [1.54, 1.807) is 0 Å². The first-order valence-corrected chi connectivity index (χ1v) is 7.52. The van der Waals surface area contributed by atoms with Crippen LogP contribution in [0.3, 0.4) is 0 Å². The summed E-state index contributed by atoms with van der Waals surface area (Å²) in [6, 6.07) is 4.17. The van der Waals surface area contributed by atoms with Gasteiger partial charge in [-0.3, -0.25) is 9.59 Å². The van der Waals surface area contributed by atoms with E-state index in [9.17, 15) is 14.0 Å². The van der Waals surface area contributed by atoms with Crippen LogP contribution in [-0.4, -0.2) is 23.1 Å². The van der Waals surface area contributed by atoms with E-state index in [0.29, 0.717) is 12.8 Å². The topological polar surface area (TPSA) is 75.6 Å². The van der Waals surface area contributed by atoms with Gasteiger partial charge in [-0.2, -0.15) is 0 Å². The number of anilines is 1. The maximum Gasteiger partial charge on any atom is 0.319 e. The van der Waals surface area contributed by atoms with Crippen molar-refractivity contribution >= 4 is 17.6 Å². The summed E-state index contributed by atoms with van der Waals surface area (Å²) in [6.07, 6.45) is 4.74. The normalized spacial score (nSPS) is 19.7. The molecule has 0 heterocycles. The standard InChI is InChI=1S/C16H18FNO4/c17-12-9-10(18-14(19)16(7-8-16)15(20)21)5-6-13(12)22-11-3-1-2-4-11/h5-6,9,11H,1-4,7-8H2,(H,18,19)(H,20,21). The van der Waals surface area contributed by atoms with Gasteiger partial charge in [-0.05, 0) is 50.7 Å². The van der Waals surface area contributed by atoms with E-state index in [1.165, 1.54) is 18.2 Å². The Morgan fingerprint density at radius 2 is 1.95 bits per heavy atom. The zero-order chi connectivity index (χ0) is 15.7. The van der Waals surface area contributed by atoms with Gasteiger partial charge < -0.3 is 15.2 Å². The molecular formula is C16H18FNO4. The van der Waals surface area contributed by atoms with Crippen molar-refractivity contribution in [2.75, 3.05) is 5.32 Å². The number of rotatable bonds is 5. The zero-order valence-corrected chi connectivity index (χ0v) is 12.1. The minimum Gasteiger partial charge on any atom is -0.487 e. The quantitative estimate of drug-likeness (QED) is 0.820. The molecule has 0 radical (unpaired) electrons. The summed E-state index contributed by atoms with van der Waals surface area (Å²) in [7, 11) is 0. The molecule has 1 aromatic carbocycles. The summed E-state index contributed by atoms with van der Waals surface area (Å²) in [4.78, 5) is 23.0. The van der Waals surface area contributed by atoms with E-state index in [0.717, 1.165) is 25.7 Å². The van der Waals surface area contributed by atoms with Crippen LogP contribution in [0.5, 0.6) is 5.75 Å². The monoisotopic (exact) mass is 307 g/mol. The van der Waals surface area contributed by atoms with Gasteiger partial charge in [0.05, 0.1) is 6.10 Å². The Morgan fingerprint density at radius 3 is 2.50 bits per heavy atom. The highest BCUT2D eigenvalue weighted by molar-refractivity contribution is 6.10. The lowest BCUT2D eigenvalue weighted by Gasteiger charge is -2.15. The number of hydrogen-bond acceptors (Lipinski definition) is 3. The number of aliphatic carboxylic acids is 1. The number of carbonyl (C=O) groups excluding carboxylic acids is 1. The van der Waals surface area contributed by atoms with Crippen molar-refractivity contribution in [3.8, 4) is 5.75 Å². The Kier molecular flexibility index (Phi) is 3.76. The van der Waals surface area contributed by atoms with E-state index < -0.39 is 23.1 Å². The van der Waals surface area contributed by atoms with Gasteiger partial charge in [0.2, 0.25) is 5.91 Å². The molecule has 0 bridgehead atoms. The third-order valence-corrected chi connectivity index (χ3v) is 4.38. The number of halogens is 1. The number of carbonyl (C=O) groups is 2. The first-order chi connectivity index (χ1) is 10.5. The summed E-state index contributed by atoms with van der Waals surface area (Å²) in [5, 5.41) is 11.5. The van der Waals surface area contributed by atoms with Crippen LogP contribution in [0.1, 0.15) is 38.5 Å². The molecule has 2 N–H and O–H groups in total. The number of ether oxygens (including phenoxy) is 1. The van der Waals surface area contributed by atoms with Gasteiger partial charge in [0.1, 0.15) is 5.41 Å². The van der Waals surface area contributed by atoms with Crippen molar-refractivity contribution in [2.45, 2.75) is 44.6 Å².